The average Bonchev–Trinajstić information content (AvgIpc) is 3.32. The third kappa shape index (κ3) is 8.35. The summed E-state index contributed by atoms with van der Waals surface area (Å²) in [6, 6.07) is 0. The largest absolute Gasteiger partial charge is 0.446 e. The topological polar surface area (TPSA) is 115 Å². The van der Waals surface area contributed by atoms with Crippen molar-refractivity contribution in [2.24, 2.45) is 52.2 Å². The molecule has 0 aliphatic heterocycles. The summed E-state index contributed by atoms with van der Waals surface area (Å²) in [5.41, 5.74) is 2.34. The van der Waals surface area contributed by atoms with Crippen LogP contribution < -0.4 is 21.8 Å². The zero-order valence-corrected chi connectivity index (χ0v) is 27.8. The zero-order valence-electron chi connectivity index (χ0n) is 27.8. The Bertz CT molecular complexity index is 956. The van der Waals surface area contributed by atoms with E-state index in [0.29, 0.717) is 25.0 Å². The zero-order chi connectivity index (χ0) is 31.0. The minimum absolute atomic E-state index is 0.0265. The Hall–Kier alpha value is -1.64. The van der Waals surface area contributed by atoms with E-state index in [1.165, 1.54) is 51.4 Å². The lowest BCUT2D eigenvalue weighted by atomic mass is 9.47. The molecule has 8 nitrogen and oxygen atoms in total. The number of nitrogens with one attached hydrogen (secondary N) is 3. The number of fused-ring (bicyclic) bond motifs is 5. The Morgan fingerprint density at radius 2 is 1.77 bits per heavy atom. The smallest absolute Gasteiger partial charge is 0.407 e. The van der Waals surface area contributed by atoms with Crippen LogP contribution in [0, 0.1) is 46.3 Å². The van der Waals surface area contributed by atoms with Crippen LogP contribution in [0.5, 0.6) is 0 Å². The van der Waals surface area contributed by atoms with Crippen LogP contribution in [-0.2, 0) is 14.4 Å². The second-order valence-electron chi connectivity index (χ2n) is 15.3. The maximum atomic E-state index is 12.5. The lowest BCUT2D eigenvalue weighted by Crippen LogP contribution is -2.51. The quantitative estimate of drug-likeness (QED) is 0.102. The van der Waals surface area contributed by atoms with Crippen LogP contribution in [-0.4, -0.2) is 50.9 Å². The van der Waals surface area contributed by atoms with Gasteiger partial charge in [0.05, 0.1) is 0 Å². The van der Waals surface area contributed by atoms with Crippen molar-refractivity contribution in [3.8, 4) is 0 Å². The van der Waals surface area contributed by atoms with Gasteiger partial charge in [-0.15, -0.1) is 0 Å². The lowest BCUT2D eigenvalue weighted by Gasteiger charge is -2.58. The summed E-state index contributed by atoms with van der Waals surface area (Å²) >= 11 is 0. The van der Waals surface area contributed by atoms with E-state index in [2.05, 4.69) is 61.5 Å². The van der Waals surface area contributed by atoms with Crippen molar-refractivity contribution >= 4 is 12.0 Å². The van der Waals surface area contributed by atoms with E-state index in [9.17, 15) is 9.59 Å². The first-order valence-corrected chi connectivity index (χ1v) is 17.5. The summed E-state index contributed by atoms with van der Waals surface area (Å²) in [7, 11) is 0. The highest BCUT2D eigenvalue weighted by molar-refractivity contribution is 5.77. The molecule has 0 bridgehead atoms. The van der Waals surface area contributed by atoms with Gasteiger partial charge in [-0.2, -0.15) is 0 Å². The molecule has 4 aliphatic carbocycles. The molecule has 0 aromatic rings. The Balaban J connectivity index is 1.20. The Kier molecular flexibility index (Phi) is 12.4. The molecular weight excluding hydrogens is 540 g/mol. The predicted molar refractivity (Wildman–Crippen MR) is 172 cm³/mol. The van der Waals surface area contributed by atoms with Crippen LogP contribution in [0.4, 0.5) is 4.79 Å². The molecule has 8 heteroatoms. The molecule has 0 spiro atoms. The number of allylic oxidation sites excluding steroid dienone is 1. The first-order valence-electron chi connectivity index (χ1n) is 17.5. The van der Waals surface area contributed by atoms with E-state index in [1.54, 1.807) is 5.57 Å². The summed E-state index contributed by atoms with van der Waals surface area (Å²) in [6.07, 6.45) is 17.0. The van der Waals surface area contributed by atoms with Crippen molar-refractivity contribution in [2.75, 3.05) is 32.8 Å². The molecule has 2 amide bonds. The normalized spacial score (nSPS) is 34.0. The van der Waals surface area contributed by atoms with Crippen LogP contribution in [0.1, 0.15) is 112 Å². The maximum Gasteiger partial charge on any atom is 0.407 e. The lowest BCUT2D eigenvalue weighted by molar-refractivity contribution is -0.125. The summed E-state index contributed by atoms with van der Waals surface area (Å²) < 4.78 is 5.90. The number of alkyl carbamates (subject to hydrolysis) is 1. The summed E-state index contributed by atoms with van der Waals surface area (Å²) in [5.74, 6) is 9.70. The molecule has 43 heavy (non-hydrogen) atoms. The maximum absolute atomic E-state index is 12.5. The van der Waals surface area contributed by atoms with Gasteiger partial charge in [-0.1, -0.05) is 65.5 Å². The van der Waals surface area contributed by atoms with Crippen molar-refractivity contribution in [3.63, 3.8) is 0 Å². The van der Waals surface area contributed by atoms with Gasteiger partial charge in [0.1, 0.15) is 12.7 Å². The van der Waals surface area contributed by atoms with Crippen LogP contribution in [0.3, 0.4) is 0 Å². The number of carbonyl (C=O) groups is 2. The average molecular weight is 603 g/mol. The standard InChI is InChI=1S/C35H62N4O4/c1-24(2)8-6-9-25(3)29-12-13-30-28-11-10-26-22-27(14-16-34(26,4)31(28)15-17-35(29,30)5)43-33(41)39-21-20-37-18-7-19-38-32(40)23-42-36/h10,24-25,27-31,37H,6-9,11-23,36H2,1-5H3,(H,38,40)(H,39,41)/t25-,27+,28+,29-,30+,31+,34+,35-/m1/s1. The highest BCUT2D eigenvalue weighted by atomic mass is 16.6. The fourth-order valence-electron chi connectivity index (χ4n) is 9.89. The Morgan fingerprint density at radius 3 is 2.53 bits per heavy atom. The molecule has 0 saturated heterocycles. The fourth-order valence-corrected chi connectivity index (χ4v) is 9.89. The monoisotopic (exact) mass is 602 g/mol. The summed E-state index contributed by atoms with van der Waals surface area (Å²) in [5, 5.41) is 8.90. The molecule has 3 saturated carbocycles. The number of carbonyl (C=O) groups excluding carboxylic acids is 2. The molecule has 5 N–H and O–H groups in total. The number of ether oxygens (including phenoxy) is 1. The van der Waals surface area contributed by atoms with Crippen molar-refractivity contribution in [3.05, 3.63) is 11.6 Å². The van der Waals surface area contributed by atoms with Crippen molar-refractivity contribution < 1.29 is 19.2 Å². The second-order valence-corrected chi connectivity index (χ2v) is 15.3. The number of hydrogen-bond acceptors (Lipinski definition) is 6. The van der Waals surface area contributed by atoms with Gasteiger partial charge < -0.3 is 20.7 Å². The molecule has 3 fully saturated rings. The van der Waals surface area contributed by atoms with Crippen molar-refractivity contribution in [1.82, 2.24) is 16.0 Å². The summed E-state index contributed by atoms with van der Waals surface area (Å²) in [6.45, 7) is 14.8. The molecular formula is C35H62N4O4. The summed E-state index contributed by atoms with van der Waals surface area (Å²) in [4.78, 5) is 28.1. The van der Waals surface area contributed by atoms with Gasteiger partial charge in [0, 0.05) is 26.1 Å². The van der Waals surface area contributed by atoms with Crippen LogP contribution in [0.2, 0.25) is 0 Å². The van der Waals surface area contributed by atoms with E-state index in [1.807, 2.05) is 0 Å². The van der Waals surface area contributed by atoms with Gasteiger partial charge in [-0.25, -0.2) is 10.7 Å². The minimum atomic E-state index is -0.313. The van der Waals surface area contributed by atoms with E-state index < -0.39 is 0 Å². The van der Waals surface area contributed by atoms with Crippen molar-refractivity contribution in [2.45, 2.75) is 118 Å². The molecule has 0 unspecified atom stereocenters. The fraction of sp³-hybridized carbons (Fsp3) is 0.886. The SMILES string of the molecule is CC(C)CCC[C@@H](C)[C@H]1CC[C@H]2[C@@H]3CC=C4C[C@@H](OC(=O)NCCNCCCNC(=O)CON)CC[C@]4(C)[C@H]3CC[C@]12C. The van der Waals surface area contributed by atoms with Gasteiger partial charge in [0.15, 0.2) is 0 Å². The van der Waals surface area contributed by atoms with Gasteiger partial charge >= 0.3 is 6.09 Å². The van der Waals surface area contributed by atoms with Crippen LogP contribution >= 0.6 is 0 Å². The van der Waals surface area contributed by atoms with E-state index in [0.717, 1.165) is 67.7 Å². The van der Waals surface area contributed by atoms with Crippen LogP contribution in [0.15, 0.2) is 11.6 Å². The molecule has 0 radical (unpaired) electrons. The molecule has 0 heterocycles. The second kappa shape index (κ2) is 15.6. The van der Waals surface area contributed by atoms with E-state index >= 15 is 0 Å². The van der Waals surface area contributed by atoms with Gasteiger partial charge in [0.2, 0.25) is 5.91 Å². The first kappa shape index (κ1) is 34.2. The Labute approximate surface area is 261 Å². The van der Waals surface area contributed by atoms with Gasteiger partial charge in [-0.05, 0) is 104 Å². The van der Waals surface area contributed by atoms with Gasteiger partial charge in [-0.3, -0.25) is 9.63 Å². The predicted octanol–water partition coefficient (Wildman–Crippen LogP) is 6.11. The molecule has 246 valence electrons. The molecule has 4 rings (SSSR count). The highest BCUT2D eigenvalue weighted by Gasteiger charge is 2.59. The molecule has 0 aromatic carbocycles. The van der Waals surface area contributed by atoms with E-state index in [4.69, 9.17) is 10.6 Å². The number of hydrogen-bond donors (Lipinski definition) is 4. The van der Waals surface area contributed by atoms with Gasteiger partial charge in [0.25, 0.3) is 0 Å². The third-order valence-corrected chi connectivity index (χ3v) is 12.2. The Morgan fingerprint density at radius 1 is 0.953 bits per heavy atom. The van der Waals surface area contributed by atoms with Crippen LogP contribution in [0.25, 0.3) is 0 Å². The molecule has 4 aliphatic rings. The highest BCUT2D eigenvalue weighted by Crippen LogP contribution is 2.67. The third-order valence-electron chi connectivity index (χ3n) is 12.2. The number of rotatable bonds is 15. The first-order chi connectivity index (χ1) is 20.6. The minimum Gasteiger partial charge on any atom is -0.446 e. The van der Waals surface area contributed by atoms with Crippen molar-refractivity contribution in [1.29, 1.82) is 0 Å². The molecule has 0 aromatic heterocycles. The van der Waals surface area contributed by atoms with E-state index in [-0.39, 0.29) is 30.1 Å². The number of amides is 2. The molecule has 8 atom stereocenters. The number of nitrogens with two attached hydrogens (primary N) is 1.